The molecule has 0 unspecified atom stereocenters. The Labute approximate surface area is 142 Å². The molecule has 0 radical (unpaired) electrons. The Balaban J connectivity index is 2.49. The van der Waals surface area contributed by atoms with Crippen LogP contribution in [0.4, 0.5) is 39.5 Å². The van der Waals surface area contributed by atoms with Gasteiger partial charge in [-0.1, -0.05) is 0 Å². The van der Waals surface area contributed by atoms with Crippen LogP contribution in [-0.4, -0.2) is 5.11 Å². The Morgan fingerprint density at radius 2 is 1.23 bits per heavy atom. The molecule has 0 aliphatic heterocycles. The fourth-order valence-corrected chi connectivity index (χ4v) is 3.75. The van der Waals surface area contributed by atoms with Crippen molar-refractivity contribution in [2.45, 2.75) is 18.5 Å². The van der Waals surface area contributed by atoms with Gasteiger partial charge in [0, 0.05) is 20.2 Å². The van der Waals surface area contributed by atoms with E-state index < -0.39 is 56.4 Å². The molecule has 0 aliphatic carbocycles. The smallest absolute Gasteiger partial charge is 0.419 e. The van der Waals surface area contributed by atoms with E-state index in [9.17, 15) is 44.6 Å². The van der Waals surface area contributed by atoms with Gasteiger partial charge in [0.2, 0.25) is 0 Å². The standard InChI is InChI=1S/C15H5F9OS/c16-13(17,18)5-1-7-6-3-8(14(19,20)21)10(25)4-11(6)26-12(7)9(2-5)15(22,23)24/h1-4,25H. The molecule has 26 heavy (non-hydrogen) atoms. The first-order valence-electron chi connectivity index (χ1n) is 6.64. The fourth-order valence-electron chi connectivity index (χ4n) is 2.51. The highest BCUT2D eigenvalue weighted by molar-refractivity contribution is 7.26. The maximum atomic E-state index is 13.2. The summed E-state index contributed by atoms with van der Waals surface area (Å²) in [6.45, 7) is 0. The molecule has 3 aromatic rings. The van der Waals surface area contributed by atoms with Gasteiger partial charge in [-0.05, 0) is 24.3 Å². The quantitative estimate of drug-likeness (QED) is 0.408. The Morgan fingerprint density at radius 1 is 0.654 bits per heavy atom. The molecule has 0 bridgehead atoms. The Kier molecular flexibility index (Phi) is 3.88. The van der Waals surface area contributed by atoms with Crippen LogP contribution in [0.1, 0.15) is 16.7 Å². The van der Waals surface area contributed by atoms with E-state index >= 15 is 0 Å². The van der Waals surface area contributed by atoms with Crippen LogP contribution in [0.2, 0.25) is 0 Å². The summed E-state index contributed by atoms with van der Waals surface area (Å²) < 4.78 is 116. The van der Waals surface area contributed by atoms with E-state index in [1.54, 1.807) is 0 Å². The van der Waals surface area contributed by atoms with Crippen LogP contribution in [0.15, 0.2) is 24.3 Å². The molecule has 1 heterocycles. The van der Waals surface area contributed by atoms with E-state index in [2.05, 4.69) is 0 Å². The summed E-state index contributed by atoms with van der Waals surface area (Å²) >= 11 is 0.353. The second-order valence-corrected chi connectivity index (χ2v) is 6.41. The average Bonchev–Trinajstić information content (AvgIpc) is 2.79. The van der Waals surface area contributed by atoms with Gasteiger partial charge in [-0.15, -0.1) is 11.3 Å². The van der Waals surface area contributed by atoms with Gasteiger partial charge in [-0.3, -0.25) is 0 Å². The van der Waals surface area contributed by atoms with Gasteiger partial charge in [0.1, 0.15) is 5.75 Å². The molecule has 0 saturated heterocycles. The number of hydrogen-bond donors (Lipinski definition) is 1. The number of phenols is 1. The molecule has 140 valence electrons. The van der Waals surface area contributed by atoms with Crippen molar-refractivity contribution in [1.82, 2.24) is 0 Å². The molecule has 0 spiro atoms. The lowest BCUT2D eigenvalue weighted by atomic mass is 10.0. The zero-order valence-electron chi connectivity index (χ0n) is 12.1. The van der Waals surface area contributed by atoms with Crippen molar-refractivity contribution in [2.24, 2.45) is 0 Å². The van der Waals surface area contributed by atoms with Crippen LogP contribution in [0.25, 0.3) is 20.2 Å². The molecule has 0 amide bonds. The molecule has 1 nitrogen and oxygen atoms in total. The average molecular weight is 404 g/mol. The van der Waals surface area contributed by atoms with Crippen molar-refractivity contribution in [3.05, 3.63) is 41.0 Å². The number of fused-ring (bicyclic) bond motifs is 3. The third kappa shape index (κ3) is 3.04. The van der Waals surface area contributed by atoms with Crippen molar-refractivity contribution < 1.29 is 44.6 Å². The Morgan fingerprint density at radius 3 is 1.73 bits per heavy atom. The maximum absolute atomic E-state index is 13.2. The normalized spacial score (nSPS) is 13.7. The van der Waals surface area contributed by atoms with Crippen LogP contribution in [0.5, 0.6) is 5.75 Å². The molecule has 0 saturated carbocycles. The summed E-state index contributed by atoms with van der Waals surface area (Å²) in [6, 6.07) is 1.24. The number of halogens is 9. The minimum absolute atomic E-state index is 0.0811. The van der Waals surface area contributed by atoms with Gasteiger partial charge in [-0.25, -0.2) is 0 Å². The predicted octanol–water partition coefficient (Wildman–Crippen LogP) is 6.82. The minimum Gasteiger partial charge on any atom is -0.507 e. The highest BCUT2D eigenvalue weighted by atomic mass is 32.1. The molecule has 0 fully saturated rings. The third-order valence-corrected chi connectivity index (χ3v) is 4.83. The van der Waals surface area contributed by atoms with Crippen molar-refractivity contribution in [3.63, 3.8) is 0 Å². The van der Waals surface area contributed by atoms with Gasteiger partial charge < -0.3 is 5.11 Å². The van der Waals surface area contributed by atoms with E-state index in [0.717, 1.165) is 0 Å². The van der Waals surface area contributed by atoms with Crippen molar-refractivity contribution in [1.29, 1.82) is 0 Å². The molecule has 11 heteroatoms. The number of thiophene rings is 1. The summed E-state index contributed by atoms with van der Waals surface area (Å²) in [5.41, 5.74) is -4.77. The summed E-state index contributed by atoms with van der Waals surface area (Å²) in [7, 11) is 0. The second kappa shape index (κ2) is 5.41. The van der Waals surface area contributed by atoms with Gasteiger partial charge in [-0.2, -0.15) is 39.5 Å². The molecule has 2 aromatic carbocycles. The number of alkyl halides is 9. The molecular formula is C15H5F9OS. The first-order chi connectivity index (χ1) is 11.7. The zero-order chi connectivity index (χ0) is 19.7. The van der Waals surface area contributed by atoms with E-state index in [-0.39, 0.29) is 10.8 Å². The van der Waals surface area contributed by atoms with Gasteiger partial charge >= 0.3 is 18.5 Å². The summed E-state index contributed by atoms with van der Waals surface area (Å²) in [6.07, 6.45) is -15.3. The van der Waals surface area contributed by atoms with E-state index in [1.165, 1.54) is 0 Å². The van der Waals surface area contributed by atoms with E-state index in [0.29, 0.717) is 29.5 Å². The van der Waals surface area contributed by atoms with Crippen molar-refractivity contribution >= 4 is 31.5 Å². The number of rotatable bonds is 0. The number of benzene rings is 2. The van der Waals surface area contributed by atoms with Crippen LogP contribution >= 0.6 is 11.3 Å². The van der Waals surface area contributed by atoms with Crippen LogP contribution in [-0.2, 0) is 18.5 Å². The van der Waals surface area contributed by atoms with Crippen LogP contribution in [0.3, 0.4) is 0 Å². The van der Waals surface area contributed by atoms with Gasteiger partial charge in [0.05, 0.1) is 16.7 Å². The third-order valence-electron chi connectivity index (χ3n) is 3.63. The van der Waals surface area contributed by atoms with E-state index in [1.807, 2.05) is 0 Å². The Bertz CT molecular complexity index is 1010. The lowest BCUT2D eigenvalue weighted by molar-refractivity contribution is -0.142. The topological polar surface area (TPSA) is 20.2 Å². The largest absolute Gasteiger partial charge is 0.507 e. The molecule has 3 rings (SSSR count). The van der Waals surface area contributed by atoms with Gasteiger partial charge in [0.15, 0.2) is 0 Å². The van der Waals surface area contributed by atoms with E-state index in [4.69, 9.17) is 0 Å². The highest BCUT2D eigenvalue weighted by Gasteiger charge is 2.40. The Hall–Kier alpha value is -2.17. The fraction of sp³-hybridized carbons (Fsp3) is 0.200. The van der Waals surface area contributed by atoms with Crippen LogP contribution < -0.4 is 0 Å². The monoisotopic (exact) mass is 404 g/mol. The number of phenolic OH excluding ortho intramolecular Hbond substituents is 1. The maximum Gasteiger partial charge on any atom is 0.419 e. The molecule has 0 aliphatic rings. The molecule has 0 atom stereocenters. The number of aromatic hydroxyl groups is 1. The van der Waals surface area contributed by atoms with Crippen molar-refractivity contribution in [3.8, 4) is 5.75 Å². The molecular weight excluding hydrogens is 399 g/mol. The highest BCUT2D eigenvalue weighted by Crippen LogP contribution is 2.48. The lowest BCUT2D eigenvalue weighted by Crippen LogP contribution is -2.10. The SMILES string of the molecule is Oc1cc2sc3c(C(F)(F)F)cc(C(F)(F)F)cc3c2cc1C(F)(F)F. The molecule has 1 N–H and O–H groups in total. The summed E-state index contributed by atoms with van der Waals surface area (Å²) in [5.74, 6) is -1.22. The van der Waals surface area contributed by atoms with Crippen molar-refractivity contribution in [2.75, 3.05) is 0 Å². The summed E-state index contributed by atoms with van der Waals surface area (Å²) in [4.78, 5) is 0. The lowest BCUT2D eigenvalue weighted by Gasteiger charge is -2.13. The van der Waals surface area contributed by atoms with Gasteiger partial charge in [0.25, 0.3) is 0 Å². The first-order valence-corrected chi connectivity index (χ1v) is 7.46. The predicted molar refractivity (Wildman–Crippen MR) is 76.0 cm³/mol. The van der Waals surface area contributed by atoms with Crippen LogP contribution in [0, 0.1) is 0 Å². The number of hydrogen-bond acceptors (Lipinski definition) is 2. The first kappa shape index (κ1) is 18.6. The zero-order valence-corrected chi connectivity index (χ0v) is 12.9. The minimum atomic E-state index is -5.14. The second-order valence-electron chi connectivity index (χ2n) is 5.36. The molecule has 1 aromatic heterocycles. The summed E-state index contributed by atoms with van der Waals surface area (Å²) in [5, 5.41) is 8.40.